The molecular formula is C84H88N2. The summed E-state index contributed by atoms with van der Waals surface area (Å²) in [6, 6.07) is 72.3. The molecule has 10 aromatic rings. The van der Waals surface area contributed by atoms with E-state index in [0.717, 1.165) is 36.1 Å². The van der Waals surface area contributed by atoms with Gasteiger partial charge in [0.1, 0.15) is 0 Å². The molecule has 13 rings (SSSR count). The van der Waals surface area contributed by atoms with Gasteiger partial charge < -0.3 is 9.80 Å². The van der Waals surface area contributed by atoms with E-state index in [1.807, 2.05) is 0 Å². The Labute approximate surface area is 514 Å². The standard InChI is InChI=1S/C84H88N2/c1-14-81(10)49-19-21-51-83(81,12)85(65-42-38-63(39-43-65)79(4,5)6)57(3)34-33-56(2)60-35-46-71-73(53-60)77(69-31-23-27-58-25-15-17-29-67(58)69)72-47-36-61(54-74(72)78(71)70-32-24-28-59-26-16-18-30-68(59)70)62-37-48-76-75(55-62)82(11)50-20-22-52-84(82,13)86(76)66-44-40-64(41-45-66)80(7,8)9/h15-18,23-48,53-55H,2-3,14,19-22,49-52H2,1,4-13H3/b34-33-. The number of rotatable bonds is 11. The minimum Gasteiger partial charge on any atom is -0.336 e. The van der Waals surface area contributed by atoms with E-state index in [-0.39, 0.29) is 32.7 Å². The number of benzene rings is 10. The van der Waals surface area contributed by atoms with Crippen LogP contribution in [0.3, 0.4) is 0 Å². The molecule has 2 saturated carbocycles. The van der Waals surface area contributed by atoms with E-state index in [0.29, 0.717) is 0 Å². The van der Waals surface area contributed by atoms with Crippen LogP contribution in [0.5, 0.6) is 0 Å². The van der Waals surface area contributed by atoms with Gasteiger partial charge in [-0.2, -0.15) is 0 Å². The summed E-state index contributed by atoms with van der Waals surface area (Å²) < 4.78 is 0. The molecular weight excluding hydrogens is 1040 g/mol. The third kappa shape index (κ3) is 9.27. The average molecular weight is 1130 g/mol. The Kier molecular flexibility index (Phi) is 14.1. The van der Waals surface area contributed by atoms with Gasteiger partial charge in [-0.05, 0) is 221 Å². The van der Waals surface area contributed by atoms with E-state index >= 15 is 0 Å². The van der Waals surface area contributed by atoms with Gasteiger partial charge in [0.2, 0.25) is 0 Å². The van der Waals surface area contributed by atoms with Gasteiger partial charge in [0, 0.05) is 33.7 Å². The Hall–Kier alpha value is -7.94. The maximum atomic E-state index is 4.92. The molecule has 0 saturated heterocycles. The quantitative estimate of drug-likeness (QED) is 0.0941. The SMILES string of the molecule is C=C(/C=C\C(=C)N(c1ccc(C(C)(C)C)cc1)C1(C)CCCCC1(C)CC)c1ccc2c(-c3cccc4ccccc34)c3cc(-c4ccc5c(c4)C4(C)CCCCC4(C)N5c4ccc(C(C)(C)C)cc4)ccc3c(-c3cccc4ccccc34)c2c1. The summed E-state index contributed by atoms with van der Waals surface area (Å²) in [5.41, 5.74) is 18.6. The molecule has 434 valence electrons. The van der Waals surface area contributed by atoms with Crippen LogP contribution in [-0.4, -0.2) is 11.1 Å². The van der Waals surface area contributed by atoms with Crippen molar-refractivity contribution in [1.82, 2.24) is 0 Å². The minimum atomic E-state index is -0.128. The smallest absolute Gasteiger partial charge is 0.0517 e. The van der Waals surface area contributed by atoms with Crippen molar-refractivity contribution in [2.45, 2.75) is 161 Å². The highest BCUT2D eigenvalue weighted by molar-refractivity contribution is 6.26. The third-order valence-electron chi connectivity index (χ3n) is 22.0. The number of nitrogens with zero attached hydrogens (tertiary/aromatic N) is 2. The van der Waals surface area contributed by atoms with Crippen molar-refractivity contribution in [2.75, 3.05) is 9.80 Å². The number of anilines is 3. The second kappa shape index (κ2) is 21.2. The number of allylic oxidation sites excluding steroid dienone is 3. The van der Waals surface area contributed by atoms with Crippen molar-refractivity contribution in [3.8, 4) is 33.4 Å². The first-order valence-electron chi connectivity index (χ1n) is 32.2. The van der Waals surface area contributed by atoms with Gasteiger partial charge in [-0.3, -0.25) is 0 Å². The summed E-state index contributed by atoms with van der Waals surface area (Å²) in [4.78, 5) is 5.30. The van der Waals surface area contributed by atoms with Gasteiger partial charge in [0.05, 0.1) is 5.54 Å². The van der Waals surface area contributed by atoms with Crippen LogP contribution in [0.25, 0.3) is 82.0 Å². The lowest BCUT2D eigenvalue weighted by molar-refractivity contribution is 0.0872. The van der Waals surface area contributed by atoms with Crippen LogP contribution in [0.15, 0.2) is 219 Å². The van der Waals surface area contributed by atoms with E-state index in [4.69, 9.17) is 13.2 Å². The number of fused-ring (bicyclic) bond motifs is 7. The topological polar surface area (TPSA) is 6.48 Å². The normalized spacial score (nSPS) is 21.5. The van der Waals surface area contributed by atoms with Crippen LogP contribution in [-0.2, 0) is 16.2 Å². The summed E-state index contributed by atoms with van der Waals surface area (Å²) in [5, 5.41) is 9.87. The van der Waals surface area contributed by atoms with E-state index < -0.39 is 0 Å². The Balaban J connectivity index is 0.992. The Morgan fingerprint density at radius 2 is 1.02 bits per heavy atom. The molecule has 0 N–H and O–H groups in total. The lowest BCUT2D eigenvalue weighted by atomic mass is 9.60. The first-order valence-corrected chi connectivity index (χ1v) is 32.2. The lowest BCUT2D eigenvalue weighted by Gasteiger charge is -2.57. The first-order chi connectivity index (χ1) is 41.2. The van der Waals surface area contributed by atoms with Crippen molar-refractivity contribution in [3.05, 3.63) is 241 Å². The average Bonchev–Trinajstić information content (AvgIpc) is 1.47. The van der Waals surface area contributed by atoms with Gasteiger partial charge in [-0.15, -0.1) is 0 Å². The minimum absolute atomic E-state index is 0.0199. The fourth-order valence-electron chi connectivity index (χ4n) is 16.2. The predicted octanol–water partition coefficient (Wildman–Crippen LogP) is 24.0. The molecule has 86 heavy (non-hydrogen) atoms. The molecule has 2 aliphatic carbocycles. The molecule has 2 fully saturated rings. The van der Waals surface area contributed by atoms with E-state index in [9.17, 15) is 0 Å². The summed E-state index contributed by atoms with van der Waals surface area (Å²) in [6.45, 7) is 36.1. The summed E-state index contributed by atoms with van der Waals surface area (Å²) >= 11 is 0. The van der Waals surface area contributed by atoms with Crippen molar-refractivity contribution in [1.29, 1.82) is 0 Å². The van der Waals surface area contributed by atoms with Crippen molar-refractivity contribution >= 4 is 65.7 Å². The molecule has 0 radical (unpaired) electrons. The van der Waals surface area contributed by atoms with Crippen LogP contribution >= 0.6 is 0 Å². The van der Waals surface area contributed by atoms with Gasteiger partial charge in [0.25, 0.3) is 0 Å². The molecule has 10 aromatic carbocycles. The Morgan fingerprint density at radius 1 is 0.500 bits per heavy atom. The van der Waals surface area contributed by atoms with Gasteiger partial charge in [-0.25, -0.2) is 0 Å². The molecule has 0 amide bonds. The highest BCUT2D eigenvalue weighted by Gasteiger charge is 2.58. The molecule has 0 spiro atoms. The molecule has 0 aromatic heterocycles. The van der Waals surface area contributed by atoms with Crippen LogP contribution in [0.4, 0.5) is 17.1 Å². The van der Waals surface area contributed by atoms with Crippen LogP contribution in [0.1, 0.15) is 156 Å². The van der Waals surface area contributed by atoms with Gasteiger partial charge in [0.15, 0.2) is 0 Å². The Morgan fingerprint density at radius 3 is 1.64 bits per heavy atom. The van der Waals surface area contributed by atoms with E-state index in [2.05, 4.69) is 286 Å². The maximum Gasteiger partial charge on any atom is 0.0517 e. The third-order valence-corrected chi connectivity index (χ3v) is 22.0. The van der Waals surface area contributed by atoms with Gasteiger partial charge >= 0.3 is 0 Å². The van der Waals surface area contributed by atoms with E-state index in [1.54, 1.807) is 0 Å². The lowest BCUT2D eigenvalue weighted by Crippen LogP contribution is -2.58. The molecule has 0 bridgehead atoms. The zero-order valence-electron chi connectivity index (χ0n) is 53.2. The predicted molar refractivity (Wildman–Crippen MR) is 374 cm³/mol. The first kappa shape index (κ1) is 57.2. The largest absolute Gasteiger partial charge is 0.336 e. The second-order valence-corrected chi connectivity index (χ2v) is 28.9. The summed E-state index contributed by atoms with van der Waals surface area (Å²) in [6.07, 6.45) is 15.2. The zero-order valence-corrected chi connectivity index (χ0v) is 53.2. The van der Waals surface area contributed by atoms with Crippen LogP contribution in [0.2, 0.25) is 0 Å². The Bertz CT molecular complexity index is 4340. The monoisotopic (exact) mass is 1120 g/mol. The molecule has 4 unspecified atom stereocenters. The molecule has 4 atom stereocenters. The second-order valence-electron chi connectivity index (χ2n) is 28.9. The van der Waals surface area contributed by atoms with Crippen molar-refractivity contribution in [2.24, 2.45) is 5.41 Å². The van der Waals surface area contributed by atoms with E-state index in [1.165, 1.54) is 149 Å². The summed E-state index contributed by atoms with van der Waals surface area (Å²) in [5.74, 6) is 0. The van der Waals surface area contributed by atoms with Gasteiger partial charge in [-0.1, -0.05) is 247 Å². The molecule has 2 heteroatoms. The zero-order chi connectivity index (χ0) is 60.1. The highest BCUT2D eigenvalue weighted by atomic mass is 15.3. The highest BCUT2D eigenvalue weighted by Crippen LogP contribution is 2.62. The van der Waals surface area contributed by atoms with Crippen LogP contribution < -0.4 is 9.80 Å². The molecule has 2 nitrogen and oxygen atoms in total. The summed E-state index contributed by atoms with van der Waals surface area (Å²) in [7, 11) is 0. The fraction of sp³-hybridized carbons (Fsp3) is 0.310. The van der Waals surface area contributed by atoms with Crippen molar-refractivity contribution < 1.29 is 0 Å². The fourth-order valence-corrected chi connectivity index (χ4v) is 16.2. The van der Waals surface area contributed by atoms with Crippen molar-refractivity contribution in [3.63, 3.8) is 0 Å². The molecule has 3 aliphatic rings. The maximum absolute atomic E-state index is 4.92. The molecule has 1 heterocycles. The molecule has 1 aliphatic heterocycles. The van der Waals surface area contributed by atoms with Crippen LogP contribution in [0, 0.1) is 5.41 Å². The number of hydrogen-bond acceptors (Lipinski definition) is 2. The number of hydrogen-bond donors (Lipinski definition) is 0.